The summed E-state index contributed by atoms with van der Waals surface area (Å²) in [6.07, 6.45) is -0.0224. The van der Waals surface area contributed by atoms with E-state index in [2.05, 4.69) is 33.5 Å². The summed E-state index contributed by atoms with van der Waals surface area (Å²) < 4.78 is 5.65. The lowest BCUT2D eigenvalue weighted by Gasteiger charge is -2.15. The summed E-state index contributed by atoms with van der Waals surface area (Å²) in [5.41, 5.74) is 3.98. The number of anilines is 1. The number of amidine groups is 1. The highest BCUT2D eigenvalue weighted by molar-refractivity contribution is 6.45. The van der Waals surface area contributed by atoms with Crippen molar-refractivity contribution < 1.29 is 4.74 Å². The molecule has 1 N–H and O–H groups in total. The van der Waals surface area contributed by atoms with Gasteiger partial charge in [-0.2, -0.15) is 0 Å². The monoisotopic (exact) mass is 293 g/mol. The first kappa shape index (κ1) is 14.3. The number of ether oxygens (including phenoxy) is 1. The second-order valence-corrected chi connectivity index (χ2v) is 5.20. The van der Waals surface area contributed by atoms with Gasteiger partial charge in [-0.1, -0.05) is 42.5 Å². The maximum atomic E-state index is 5.65. The number of para-hydroxylation sites is 1. The molecule has 0 saturated heterocycles. The number of nitrogens with zero attached hydrogens (tertiary/aromatic N) is 2. The molecule has 0 amide bonds. The number of hydrogen-bond donors (Lipinski definition) is 1. The Morgan fingerprint density at radius 1 is 1.00 bits per heavy atom. The van der Waals surface area contributed by atoms with Crippen LogP contribution >= 0.6 is 0 Å². The van der Waals surface area contributed by atoms with Crippen LogP contribution in [0.2, 0.25) is 0 Å². The van der Waals surface area contributed by atoms with Gasteiger partial charge in [0.1, 0.15) is 17.8 Å². The van der Waals surface area contributed by atoms with Crippen LogP contribution in [-0.4, -0.2) is 24.8 Å². The molecular formula is C18H19N3O. The number of aliphatic imine (C=N–C) groups is 2. The summed E-state index contributed by atoms with van der Waals surface area (Å²) in [6, 6.07) is 16.3. The fourth-order valence-corrected chi connectivity index (χ4v) is 2.60. The van der Waals surface area contributed by atoms with Gasteiger partial charge in [-0.3, -0.25) is 4.99 Å². The lowest BCUT2D eigenvalue weighted by molar-refractivity contribution is 0.418. The molecule has 4 nitrogen and oxygen atoms in total. The van der Waals surface area contributed by atoms with Crippen LogP contribution in [0.25, 0.3) is 11.1 Å². The molecule has 22 heavy (non-hydrogen) atoms. The van der Waals surface area contributed by atoms with E-state index in [1.807, 2.05) is 44.2 Å². The number of rotatable bonds is 3. The highest BCUT2D eigenvalue weighted by Crippen LogP contribution is 2.36. The lowest BCUT2D eigenvalue weighted by Crippen LogP contribution is -2.18. The van der Waals surface area contributed by atoms with Gasteiger partial charge in [0.05, 0.1) is 18.5 Å². The summed E-state index contributed by atoms with van der Waals surface area (Å²) in [5.74, 6) is 1.61. The highest BCUT2D eigenvalue weighted by atomic mass is 16.5. The van der Waals surface area contributed by atoms with Crippen molar-refractivity contribution in [3.8, 4) is 16.9 Å². The molecular weight excluding hydrogens is 274 g/mol. The molecule has 0 saturated carbocycles. The number of benzene rings is 2. The van der Waals surface area contributed by atoms with Crippen LogP contribution in [0, 0.1) is 0 Å². The molecule has 1 aliphatic heterocycles. The second kappa shape index (κ2) is 6.02. The number of hydrogen-bond acceptors (Lipinski definition) is 4. The van der Waals surface area contributed by atoms with Crippen LogP contribution in [0.5, 0.6) is 5.75 Å². The molecule has 0 aliphatic carbocycles. The molecule has 1 unspecified atom stereocenters. The Hall–Kier alpha value is -2.62. The van der Waals surface area contributed by atoms with E-state index < -0.39 is 0 Å². The van der Waals surface area contributed by atoms with Crippen molar-refractivity contribution >= 4 is 17.2 Å². The van der Waals surface area contributed by atoms with E-state index in [9.17, 15) is 0 Å². The van der Waals surface area contributed by atoms with E-state index in [1.54, 1.807) is 7.11 Å². The van der Waals surface area contributed by atoms with E-state index in [0.717, 1.165) is 34.1 Å². The summed E-state index contributed by atoms with van der Waals surface area (Å²) in [6.45, 7) is 3.93. The molecule has 0 bridgehead atoms. The van der Waals surface area contributed by atoms with Gasteiger partial charge in [-0.15, -0.1) is 0 Å². The van der Waals surface area contributed by atoms with Crippen molar-refractivity contribution in [1.82, 2.24) is 0 Å². The molecule has 4 heteroatoms. The van der Waals surface area contributed by atoms with Crippen LogP contribution in [0.3, 0.4) is 0 Å². The van der Waals surface area contributed by atoms with Crippen molar-refractivity contribution in [3.05, 3.63) is 48.5 Å². The van der Waals surface area contributed by atoms with Gasteiger partial charge in [0.15, 0.2) is 0 Å². The minimum absolute atomic E-state index is 0.0224. The third-order valence-corrected chi connectivity index (χ3v) is 3.60. The molecule has 1 aliphatic rings. The Kier molecular flexibility index (Phi) is 3.92. The topological polar surface area (TPSA) is 46.0 Å². The number of methoxy groups -OCH3 is 1. The maximum absolute atomic E-state index is 5.65. The maximum Gasteiger partial charge on any atom is 0.150 e. The first-order valence-electron chi connectivity index (χ1n) is 7.31. The Bertz CT molecular complexity index is 735. The molecule has 0 spiro atoms. The summed E-state index contributed by atoms with van der Waals surface area (Å²) in [4.78, 5) is 8.90. The first-order chi connectivity index (χ1) is 10.7. The molecule has 3 rings (SSSR count). The molecule has 0 aromatic heterocycles. The quantitative estimate of drug-likeness (QED) is 0.930. The average Bonchev–Trinajstić information content (AvgIpc) is 2.85. The predicted molar refractivity (Wildman–Crippen MR) is 92.1 cm³/mol. The predicted octanol–water partition coefficient (Wildman–Crippen LogP) is 3.99. The fourth-order valence-electron chi connectivity index (χ4n) is 2.60. The van der Waals surface area contributed by atoms with E-state index in [-0.39, 0.29) is 6.17 Å². The van der Waals surface area contributed by atoms with E-state index in [1.165, 1.54) is 0 Å². The zero-order chi connectivity index (χ0) is 15.5. The third kappa shape index (κ3) is 2.72. The van der Waals surface area contributed by atoms with Crippen molar-refractivity contribution in [3.63, 3.8) is 0 Å². The zero-order valence-corrected chi connectivity index (χ0v) is 13.0. The summed E-state index contributed by atoms with van der Waals surface area (Å²) in [5, 5.41) is 3.34. The fraction of sp³-hybridized carbons (Fsp3) is 0.222. The van der Waals surface area contributed by atoms with Gasteiger partial charge in [-0.25, -0.2) is 4.99 Å². The molecule has 1 atom stereocenters. The van der Waals surface area contributed by atoms with E-state index in [0.29, 0.717) is 0 Å². The molecule has 2 aromatic rings. The molecule has 0 radical (unpaired) electrons. The Balaban J connectivity index is 2.00. The Morgan fingerprint density at radius 2 is 1.77 bits per heavy atom. The number of nitrogens with one attached hydrogen (secondary N) is 1. The van der Waals surface area contributed by atoms with Crippen molar-refractivity contribution in [1.29, 1.82) is 0 Å². The van der Waals surface area contributed by atoms with Crippen molar-refractivity contribution in [2.24, 2.45) is 9.98 Å². The van der Waals surface area contributed by atoms with Gasteiger partial charge in [0.2, 0.25) is 0 Å². The van der Waals surface area contributed by atoms with Gasteiger partial charge in [0, 0.05) is 5.56 Å². The molecule has 1 heterocycles. The van der Waals surface area contributed by atoms with Crippen molar-refractivity contribution in [2.45, 2.75) is 20.0 Å². The molecule has 112 valence electrons. The Morgan fingerprint density at radius 3 is 2.41 bits per heavy atom. The van der Waals surface area contributed by atoms with Gasteiger partial charge in [-0.05, 0) is 25.5 Å². The smallest absolute Gasteiger partial charge is 0.150 e. The molecule has 2 aromatic carbocycles. The van der Waals surface area contributed by atoms with Crippen LogP contribution < -0.4 is 10.1 Å². The highest BCUT2D eigenvalue weighted by Gasteiger charge is 2.17. The first-order valence-corrected chi connectivity index (χ1v) is 7.31. The normalized spacial score (nSPS) is 17.0. The summed E-state index contributed by atoms with van der Waals surface area (Å²) in [7, 11) is 1.69. The van der Waals surface area contributed by atoms with Crippen LogP contribution in [0.1, 0.15) is 13.8 Å². The average molecular weight is 293 g/mol. The van der Waals surface area contributed by atoms with Gasteiger partial charge < -0.3 is 10.1 Å². The largest absolute Gasteiger partial charge is 0.494 e. The van der Waals surface area contributed by atoms with Crippen molar-refractivity contribution in [2.75, 3.05) is 12.4 Å². The van der Waals surface area contributed by atoms with Crippen LogP contribution in [0.4, 0.5) is 5.69 Å². The van der Waals surface area contributed by atoms with E-state index >= 15 is 0 Å². The minimum Gasteiger partial charge on any atom is -0.494 e. The van der Waals surface area contributed by atoms with Crippen LogP contribution in [0.15, 0.2) is 58.5 Å². The SMILES string of the molecule is COc1c(NC2=NC(C)N=C2C)cccc1-c1ccccc1. The standard InChI is InChI=1S/C18H19N3O/c1-12-18(20-13(2)19-12)21-16-11-7-10-15(17(16)22-3)14-8-5-4-6-9-14/h4-11,13H,1-3H3,(H,20,21). The van der Waals surface area contributed by atoms with E-state index in [4.69, 9.17) is 4.74 Å². The van der Waals surface area contributed by atoms with Crippen LogP contribution in [-0.2, 0) is 0 Å². The van der Waals surface area contributed by atoms with Gasteiger partial charge in [0.25, 0.3) is 0 Å². The lowest BCUT2D eigenvalue weighted by atomic mass is 10.0. The Labute approximate surface area is 130 Å². The minimum atomic E-state index is -0.0224. The second-order valence-electron chi connectivity index (χ2n) is 5.20. The summed E-state index contributed by atoms with van der Waals surface area (Å²) >= 11 is 0. The third-order valence-electron chi connectivity index (χ3n) is 3.60. The molecule has 0 fully saturated rings. The zero-order valence-electron chi connectivity index (χ0n) is 13.0. The van der Waals surface area contributed by atoms with Gasteiger partial charge >= 0.3 is 0 Å².